The molecule has 4 amide bonds. The summed E-state index contributed by atoms with van der Waals surface area (Å²) in [6.45, 7) is 1.17. The first-order valence-corrected chi connectivity index (χ1v) is 10.3. The maximum atomic E-state index is 12.9. The van der Waals surface area contributed by atoms with Crippen molar-refractivity contribution >= 4 is 29.6 Å². The highest BCUT2D eigenvalue weighted by Crippen LogP contribution is 2.30. The van der Waals surface area contributed by atoms with Gasteiger partial charge in [0.1, 0.15) is 6.04 Å². The van der Waals surface area contributed by atoms with Gasteiger partial charge in [-0.2, -0.15) is 0 Å². The highest BCUT2D eigenvalue weighted by molar-refractivity contribution is 6.05. The molecule has 0 spiro atoms. The first kappa shape index (κ1) is 21.0. The minimum atomic E-state index is -1.03. The molecule has 10 nitrogen and oxygen atoms in total. The maximum Gasteiger partial charge on any atom is 0.407 e. The molecule has 2 saturated heterocycles. The van der Waals surface area contributed by atoms with Crippen molar-refractivity contribution in [3.05, 3.63) is 34.9 Å². The van der Waals surface area contributed by atoms with Crippen LogP contribution in [0.3, 0.4) is 0 Å². The Morgan fingerprint density at radius 3 is 2.74 bits per heavy atom. The third-order valence-corrected chi connectivity index (χ3v) is 6.15. The Hall–Kier alpha value is -3.27. The van der Waals surface area contributed by atoms with Gasteiger partial charge in [0.2, 0.25) is 11.8 Å². The second-order valence-electron chi connectivity index (χ2n) is 8.04. The quantitative estimate of drug-likeness (QED) is 0.557. The summed E-state index contributed by atoms with van der Waals surface area (Å²) in [5.74, 6) is -1.11. The lowest BCUT2D eigenvalue weighted by atomic mass is 9.96. The van der Waals surface area contributed by atoms with Gasteiger partial charge < -0.3 is 20.2 Å². The number of fused-ring (bicyclic) bond motifs is 1. The monoisotopic (exact) mass is 428 g/mol. The summed E-state index contributed by atoms with van der Waals surface area (Å²) in [6.07, 6.45) is 0.0932. The van der Waals surface area contributed by atoms with Gasteiger partial charge in [0, 0.05) is 44.6 Å². The summed E-state index contributed by atoms with van der Waals surface area (Å²) in [7, 11) is 0. The Morgan fingerprint density at radius 1 is 1.19 bits per heavy atom. The van der Waals surface area contributed by atoms with Crippen LogP contribution in [0, 0.1) is 0 Å². The first-order chi connectivity index (χ1) is 14.8. The summed E-state index contributed by atoms with van der Waals surface area (Å²) in [5.41, 5.74) is 2.18. The fourth-order valence-electron chi connectivity index (χ4n) is 4.46. The first-order valence-electron chi connectivity index (χ1n) is 10.3. The number of imide groups is 1. The molecule has 0 saturated carbocycles. The van der Waals surface area contributed by atoms with Crippen molar-refractivity contribution < 1.29 is 29.1 Å². The smallest absolute Gasteiger partial charge is 0.407 e. The molecule has 164 valence electrons. The van der Waals surface area contributed by atoms with E-state index in [4.69, 9.17) is 5.11 Å². The Morgan fingerprint density at radius 2 is 2.00 bits per heavy atom. The van der Waals surface area contributed by atoms with Crippen LogP contribution in [-0.4, -0.2) is 76.2 Å². The molecule has 31 heavy (non-hydrogen) atoms. The van der Waals surface area contributed by atoms with Crippen LogP contribution in [0.15, 0.2) is 18.2 Å². The lowest BCUT2D eigenvalue weighted by Crippen LogP contribution is -2.55. The van der Waals surface area contributed by atoms with Gasteiger partial charge in [0.05, 0.1) is 6.04 Å². The molecule has 2 unspecified atom stereocenters. The van der Waals surface area contributed by atoms with E-state index < -0.39 is 24.1 Å². The number of hydrogen-bond acceptors (Lipinski definition) is 6. The minimum Gasteiger partial charge on any atom is -0.465 e. The zero-order valence-electron chi connectivity index (χ0n) is 16.9. The molecule has 3 N–H and O–H groups in total. The van der Waals surface area contributed by atoms with Crippen molar-refractivity contribution in [2.45, 2.75) is 44.3 Å². The highest BCUT2D eigenvalue weighted by atomic mass is 16.4. The van der Waals surface area contributed by atoms with Crippen LogP contribution in [0.4, 0.5) is 4.79 Å². The Bertz CT molecular complexity index is 961. The predicted octanol–water partition coefficient (Wildman–Crippen LogP) is -0.0989. The Labute approximate surface area is 178 Å². The summed E-state index contributed by atoms with van der Waals surface area (Å²) >= 11 is 0. The number of rotatable bonds is 5. The second kappa shape index (κ2) is 8.46. The average molecular weight is 428 g/mol. The molecule has 0 bridgehead atoms. The average Bonchev–Trinajstić information content (AvgIpc) is 3.09. The topological polar surface area (TPSA) is 136 Å². The zero-order valence-corrected chi connectivity index (χ0v) is 16.9. The number of piperazine rings is 1. The van der Waals surface area contributed by atoms with Crippen LogP contribution in [0.25, 0.3) is 0 Å². The van der Waals surface area contributed by atoms with Crippen LogP contribution in [0.5, 0.6) is 0 Å². The van der Waals surface area contributed by atoms with E-state index >= 15 is 0 Å². The molecule has 3 heterocycles. The molecule has 0 aromatic heterocycles. The maximum absolute atomic E-state index is 12.9. The van der Waals surface area contributed by atoms with Gasteiger partial charge in [-0.15, -0.1) is 0 Å². The van der Waals surface area contributed by atoms with Crippen molar-refractivity contribution in [1.29, 1.82) is 0 Å². The van der Waals surface area contributed by atoms with Crippen molar-refractivity contribution in [1.82, 2.24) is 20.4 Å². The van der Waals surface area contributed by atoms with Crippen LogP contribution < -0.4 is 10.6 Å². The molecule has 3 aliphatic rings. The number of amides is 4. The fraction of sp³-hybridized carbons (Fsp3) is 0.476. The standard InChI is InChI=1S/C21H24N4O6/c26-17(15-11-24(21(30)31)9-8-22-15)6-4-12-2-1-3-13-14(12)10-25(20(13)29)16-5-7-18(27)23-19(16)28/h1-3,15-16,22H,4-11H2,(H,30,31)(H,23,27,28). The SMILES string of the molecule is O=C1CCC(N2Cc3c(CCC(=O)C4CN(C(=O)O)CCN4)cccc3C2=O)C(=O)N1. The van der Waals surface area contributed by atoms with Gasteiger partial charge in [-0.1, -0.05) is 12.1 Å². The van der Waals surface area contributed by atoms with E-state index in [9.17, 15) is 24.0 Å². The summed E-state index contributed by atoms with van der Waals surface area (Å²) < 4.78 is 0. The summed E-state index contributed by atoms with van der Waals surface area (Å²) in [4.78, 5) is 63.0. The van der Waals surface area contributed by atoms with E-state index in [1.807, 2.05) is 6.07 Å². The van der Waals surface area contributed by atoms with Crippen molar-refractivity contribution in [2.75, 3.05) is 19.6 Å². The molecule has 0 aliphatic carbocycles. The second-order valence-corrected chi connectivity index (χ2v) is 8.04. The predicted molar refractivity (Wildman–Crippen MR) is 107 cm³/mol. The van der Waals surface area contributed by atoms with Gasteiger partial charge >= 0.3 is 6.09 Å². The largest absolute Gasteiger partial charge is 0.465 e. The van der Waals surface area contributed by atoms with Crippen molar-refractivity contribution in [3.63, 3.8) is 0 Å². The normalized spacial score (nSPS) is 23.5. The van der Waals surface area contributed by atoms with E-state index in [0.29, 0.717) is 31.5 Å². The number of aryl methyl sites for hydroxylation is 1. The lowest BCUT2D eigenvalue weighted by Gasteiger charge is -2.31. The van der Waals surface area contributed by atoms with Crippen LogP contribution >= 0.6 is 0 Å². The molecule has 10 heteroatoms. The van der Waals surface area contributed by atoms with Crippen molar-refractivity contribution in [2.24, 2.45) is 0 Å². The number of benzene rings is 1. The molecule has 1 aromatic carbocycles. The van der Waals surface area contributed by atoms with Gasteiger partial charge in [-0.3, -0.25) is 24.5 Å². The van der Waals surface area contributed by atoms with E-state index in [0.717, 1.165) is 11.1 Å². The van der Waals surface area contributed by atoms with E-state index in [2.05, 4.69) is 10.6 Å². The van der Waals surface area contributed by atoms with Crippen molar-refractivity contribution in [3.8, 4) is 0 Å². The van der Waals surface area contributed by atoms with Crippen LogP contribution in [0.1, 0.15) is 40.7 Å². The Kier molecular flexibility index (Phi) is 5.73. The molecule has 2 fully saturated rings. The van der Waals surface area contributed by atoms with E-state index in [1.54, 1.807) is 12.1 Å². The molecule has 4 rings (SSSR count). The van der Waals surface area contributed by atoms with Crippen LogP contribution in [0.2, 0.25) is 0 Å². The number of nitrogens with zero attached hydrogens (tertiary/aromatic N) is 2. The molecule has 3 aliphatic heterocycles. The number of ketones is 1. The number of Topliss-reactive ketones (excluding diaryl/α,β-unsaturated/α-hetero) is 1. The van der Waals surface area contributed by atoms with Gasteiger partial charge in [-0.05, 0) is 30.0 Å². The van der Waals surface area contributed by atoms with Gasteiger partial charge in [-0.25, -0.2) is 4.79 Å². The number of hydrogen-bond donors (Lipinski definition) is 3. The lowest BCUT2D eigenvalue weighted by molar-refractivity contribution is -0.137. The molecular formula is C21H24N4O6. The molecule has 0 radical (unpaired) electrons. The highest BCUT2D eigenvalue weighted by Gasteiger charge is 2.39. The van der Waals surface area contributed by atoms with E-state index in [1.165, 1.54) is 9.80 Å². The molecule has 1 aromatic rings. The van der Waals surface area contributed by atoms with E-state index in [-0.39, 0.29) is 43.5 Å². The van der Waals surface area contributed by atoms with Crippen LogP contribution in [-0.2, 0) is 27.3 Å². The Balaban J connectivity index is 1.43. The number of carbonyl (C=O) groups excluding carboxylic acids is 4. The molecule has 2 atom stereocenters. The number of piperidine rings is 1. The summed E-state index contributed by atoms with van der Waals surface area (Å²) in [6, 6.07) is 4.12. The summed E-state index contributed by atoms with van der Waals surface area (Å²) in [5, 5.41) is 14.5. The number of nitrogens with one attached hydrogen (secondary N) is 2. The number of carboxylic acid groups (broad SMARTS) is 1. The minimum absolute atomic E-state index is 0.0742. The number of carbonyl (C=O) groups is 5. The zero-order chi connectivity index (χ0) is 22.1. The third-order valence-electron chi connectivity index (χ3n) is 6.15. The fourth-order valence-corrected chi connectivity index (χ4v) is 4.46. The third kappa shape index (κ3) is 4.15. The van der Waals surface area contributed by atoms with Gasteiger partial charge in [0.25, 0.3) is 5.91 Å². The molecular weight excluding hydrogens is 404 g/mol. The van der Waals surface area contributed by atoms with Gasteiger partial charge in [0.15, 0.2) is 5.78 Å².